The molecule has 1 fully saturated rings. The fraction of sp³-hybridized carbons (Fsp3) is 0.600. The lowest BCUT2D eigenvalue weighted by Gasteiger charge is -2.40. The lowest BCUT2D eigenvalue weighted by Crippen LogP contribution is -2.45. The van der Waals surface area contributed by atoms with Crippen LogP contribution in [0.5, 0.6) is 0 Å². The van der Waals surface area contributed by atoms with Crippen LogP contribution in [0.2, 0.25) is 0 Å². The summed E-state index contributed by atoms with van der Waals surface area (Å²) in [6.07, 6.45) is 3.81. The van der Waals surface area contributed by atoms with E-state index in [1.165, 1.54) is 24.8 Å². The number of likely N-dealkylation sites (tertiary alicyclic amines) is 1. The van der Waals surface area contributed by atoms with Crippen LogP contribution in [0, 0.1) is 5.82 Å². The van der Waals surface area contributed by atoms with Crippen LogP contribution < -0.4 is 5.32 Å². The molecule has 0 amide bonds. The summed E-state index contributed by atoms with van der Waals surface area (Å²) in [7, 11) is 2.01. The highest BCUT2D eigenvalue weighted by atomic mass is 79.9. The molecule has 0 spiro atoms. The van der Waals surface area contributed by atoms with E-state index in [9.17, 15) is 4.39 Å². The van der Waals surface area contributed by atoms with Crippen molar-refractivity contribution in [3.63, 3.8) is 0 Å². The normalized spacial score (nSPS) is 22.4. The maximum absolute atomic E-state index is 13.3. The second-order valence-corrected chi connectivity index (χ2v) is 6.15. The molecule has 0 saturated carbocycles. The molecule has 1 aliphatic heterocycles. The van der Waals surface area contributed by atoms with Crippen LogP contribution in [0.3, 0.4) is 0 Å². The minimum absolute atomic E-state index is 0.193. The molecule has 0 radical (unpaired) electrons. The van der Waals surface area contributed by atoms with Crippen LogP contribution in [-0.4, -0.2) is 31.1 Å². The van der Waals surface area contributed by atoms with E-state index in [2.05, 4.69) is 33.1 Å². The number of rotatable bonds is 4. The van der Waals surface area contributed by atoms with E-state index in [4.69, 9.17) is 0 Å². The molecule has 0 aromatic heterocycles. The molecule has 0 bridgehead atoms. The highest BCUT2D eigenvalue weighted by molar-refractivity contribution is 9.10. The first-order chi connectivity index (χ1) is 9.13. The first kappa shape index (κ1) is 14.9. The Morgan fingerprint density at radius 3 is 2.95 bits per heavy atom. The summed E-state index contributed by atoms with van der Waals surface area (Å²) >= 11 is 3.28. The molecule has 1 N–H and O–H groups in total. The van der Waals surface area contributed by atoms with Gasteiger partial charge in [-0.25, -0.2) is 4.39 Å². The molecule has 2 nitrogen and oxygen atoms in total. The van der Waals surface area contributed by atoms with Crippen molar-refractivity contribution >= 4 is 15.9 Å². The van der Waals surface area contributed by atoms with Gasteiger partial charge in [0.05, 0.1) is 4.47 Å². The third-order valence-corrected chi connectivity index (χ3v) is 4.64. The minimum Gasteiger partial charge on any atom is -0.318 e. The molecule has 2 rings (SSSR count). The Kier molecular flexibility index (Phi) is 5.37. The Bertz CT molecular complexity index is 423. The Morgan fingerprint density at radius 2 is 2.26 bits per heavy atom. The fourth-order valence-corrected chi connectivity index (χ4v) is 3.35. The van der Waals surface area contributed by atoms with Gasteiger partial charge in [-0.3, -0.25) is 4.90 Å². The predicted molar refractivity (Wildman–Crippen MR) is 80.8 cm³/mol. The lowest BCUT2D eigenvalue weighted by atomic mass is 9.97. The lowest BCUT2D eigenvalue weighted by molar-refractivity contribution is 0.103. The second-order valence-electron chi connectivity index (χ2n) is 5.29. The molecular formula is C15H22BrFN2. The van der Waals surface area contributed by atoms with Crippen LogP contribution >= 0.6 is 15.9 Å². The van der Waals surface area contributed by atoms with E-state index < -0.39 is 0 Å². The molecule has 0 aliphatic carbocycles. The summed E-state index contributed by atoms with van der Waals surface area (Å²) in [6.45, 7) is 4.36. The first-order valence-electron chi connectivity index (χ1n) is 6.98. The number of likely N-dealkylation sites (N-methyl/N-ethyl adjacent to an activating group) is 1. The number of benzene rings is 1. The molecule has 106 valence electrons. The Hall–Kier alpha value is -0.450. The van der Waals surface area contributed by atoms with Gasteiger partial charge >= 0.3 is 0 Å². The van der Waals surface area contributed by atoms with Crippen molar-refractivity contribution in [2.24, 2.45) is 0 Å². The van der Waals surface area contributed by atoms with Gasteiger partial charge < -0.3 is 5.32 Å². The molecule has 2 unspecified atom stereocenters. The first-order valence-corrected chi connectivity index (χ1v) is 7.78. The van der Waals surface area contributed by atoms with Crippen molar-refractivity contribution in [1.29, 1.82) is 0 Å². The number of hydrogen-bond donors (Lipinski definition) is 1. The zero-order chi connectivity index (χ0) is 13.8. The number of nitrogens with zero attached hydrogens (tertiary/aromatic N) is 1. The highest BCUT2D eigenvalue weighted by Gasteiger charge is 2.26. The van der Waals surface area contributed by atoms with Crippen LogP contribution in [-0.2, 0) is 0 Å². The summed E-state index contributed by atoms with van der Waals surface area (Å²) in [4.78, 5) is 2.54. The van der Waals surface area contributed by atoms with Gasteiger partial charge in [-0.1, -0.05) is 12.5 Å². The Balaban J connectivity index is 2.15. The third-order valence-electron chi connectivity index (χ3n) is 4.04. The van der Waals surface area contributed by atoms with Gasteiger partial charge in [0.1, 0.15) is 5.82 Å². The number of halogens is 2. The summed E-state index contributed by atoms with van der Waals surface area (Å²) < 4.78 is 13.9. The van der Waals surface area contributed by atoms with E-state index in [1.807, 2.05) is 19.2 Å². The molecule has 1 aromatic rings. The quantitative estimate of drug-likeness (QED) is 0.906. The summed E-state index contributed by atoms with van der Waals surface area (Å²) in [5, 5.41) is 3.28. The standard InChI is InChI=1S/C15H22BrFN2/c1-11(12-6-7-15(17)14(16)9-12)19-8-4-3-5-13(19)10-18-2/h6-7,9,11,13,18H,3-5,8,10H2,1-2H3. The number of nitrogens with one attached hydrogen (secondary N) is 1. The average molecular weight is 329 g/mol. The maximum atomic E-state index is 13.3. The minimum atomic E-state index is -0.193. The van der Waals surface area contributed by atoms with E-state index in [0.29, 0.717) is 16.6 Å². The SMILES string of the molecule is CNCC1CCCCN1C(C)c1ccc(F)c(Br)c1. The summed E-state index contributed by atoms with van der Waals surface area (Å²) in [5.74, 6) is -0.193. The van der Waals surface area contributed by atoms with Gasteiger partial charge in [-0.15, -0.1) is 0 Å². The van der Waals surface area contributed by atoms with Crippen LogP contribution in [0.1, 0.15) is 37.8 Å². The highest BCUT2D eigenvalue weighted by Crippen LogP contribution is 2.30. The van der Waals surface area contributed by atoms with E-state index >= 15 is 0 Å². The Morgan fingerprint density at radius 1 is 1.47 bits per heavy atom. The van der Waals surface area contributed by atoms with Crippen LogP contribution in [0.15, 0.2) is 22.7 Å². The number of hydrogen-bond acceptors (Lipinski definition) is 2. The molecule has 4 heteroatoms. The maximum Gasteiger partial charge on any atom is 0.137 e. The van der Waals surface area contributed by atoms with Crippen molar-refractivity contribution in [3.05, 3.63) is 34.1 Å². The van der Waals surface area contributed by atoms with Gasteiger partial charge in [-0.05, 0) is 67.0 Å². The van der Waals surface area contributed by atoms with Crippen molar-refractivity contribution in [1.82, 2.24) is 10.2 Å². The molecule has 1 saturated heterocycles. The molecule has 1 aromatic carbocycles. The summed E-state index contributed by atoms with van der Waals surface area (Å²) in [6, 6.07) is 6.27. The second kappa shape index (κ2) is 6.82. The molecule has 1 aliphatic rings. The Labute approximate surface area is 123 Å². The van der Waals surface area contributed by atoms with Gasteiger partial charge in [0, 0.05) is 18.6 Å². The van der Waals surface area contributed by atoms with Crippen molar-refractivity contribution in [2.75, 3.05) is 20.1 Å². The van der Waals surface area contributed by atoms with Gasteiger partial charge in [0.2, 0.25) is 0 Å². The predicted octanol–water partition coefficient (Wildman–Crippen LogP) is 3.72. The molecular weight excluding hydrogens is 307 g/mol. The van der Waals surface area contributed by atoms with Crippen molar-refractivity contribution < 1.29 is 4.39 Å². The van der Waals surface area contributed by atoms with Gasteiger partial charge in [0.25, 0.3) is 0 Å². The van der Waals surface area contributed by atoms with Crippen molar-refractivity contribution in [2.45, 2.75) is 38.3 Å². The van der Waals surface area contributed by atoms with Gasteiger partial charge in [0.15, 0.2) is 0 Å². The van der Waals surface area contributed by atoms with Gasteiger partial charge in [-0.2, -0.15) is 0 Å². The molecule has 2 atom stereocenters. The summed E-state index contributed by atoms with van der Waals surface area (Å²) in [5.41, 5.74) is 1.18. The monoisotopic (exact) mass is 328 g/mol. The van der Waals surface area contributed by atoms with E-state index in [1.54, 1.807) is 6.07 Å². The smallest absolute Gasteiger partial charge is 0.137 e. The number of piperidine rings is 1. The zero-order valence-corrected chi connectivity index (χ0v) is 13.2. The fourth-order valence-electron chi connectivity index (χ4n) is 2.95. The molecule has 1 heterocycles. The average Bonchev–Trinajstić information content (AvgIpc) is 2.42. The van der Waals surface area contributed by atoms with Crippen LogP contribution in [0.25, 0.3) is 0 Å². The van der Waals surface area contributed by atoms with E-state index in [-0.39, 0.29) is 5.82 Å². The topological polar surface area (TPSA) is 15.3 Å². The van der Waals surface area contributed by atoms with Crippen LogP contribution in [0.4, 0.5) is 4.39 Å². The van der Waals surface area contributed by atoms with E-state index in [0.717, 1.165) is 13.1 Å². The van der Waals surface area contributed by atoms with Crippen molar-refractivity contribution in [3.8, 4) is 0 Å². The third kappa shape index (κ3) is 3.56. The zero-order valence-electron chi connectivity index (χ0n) is 11.6. The largest absolute Gasteiger partial charge is 0.318 e. The molecule has 19 heavy (non-hydrogen) atoms.